The quantitative estimate of drug-likeness (QED) is 0.851. The molecule has 0 fully saturated rings. The summed E-state index contributed by atoms with van der Waals surface area (Å²) in [5.74, 6) is -0.129. The zero-order chi connectivity index (χ0) is 13.7. The Labute approximate surface area is 110 Å². The fourth-order valence-electron chi connectivity index (χ4n) is 1.64. The van der Waals surface area contributed by atoms with Crippen LogP contribution in [0.15, 0.2) is 42.7 Å². The van der Waals surface area contributed by atoms with Crippen LogP contribution in [-0.2, 0) is 0 Å². The van der Waals surface area contributed by atoms with Gasteiger partial charge in [0, 0.05) is 11.9 Å². The number of benzene rings is 1. The first kappa shape index (κ1) is 12.8. The third kappa shape index (κ3) is 2.77. The summed E-state index contributed by atoms with van der Waals surface area (Å²) in [5.41, 5.74) is 1.01. The predicted molar refractivity (Wildman–Crippen MR) is 70.6 cm³/mol. The minimum Gasteiger partial charge on any atom is -0.494 e. The van der Waals surface area contributed by atoms with E-state index in [0.717, 1.165) is 0 Å². The van der Waals surface area contributed by atoms with Crippen molar-refractivity contribution < 1.29 is 14.3 Å². The molecular weight excluding hydrogens is 244 g/mol. The molecular formula is C14H12N2O3. The minimum atomic E-state index is -0.403. The molecule has 0 bridgehead atoms. The summed E-state index contributed by atoms with van der Waals surface area (Å²) in [7, 11) is 1.42. The monoisotopic (exact) mass is 256 g/mol. The lowest BCUT2D eigenvalue weighted by atomic mass is 10.1. The van der Waals surface area contributed by atoms with Gasteiger partial charge in [-0.25, -0.2) is 0 Å². The lowest BCUT2D eigenvalue weighted by Gasteiger charge is -2.09. The maximum atomic E-state index is 12.1. The van der Waals surface area contributed by atoms with Crippen molar-refractivity contribution >= 4 is 17.9 Å². The molecule has 0 atom stereocenters. The summed E-state index contributed by atoms with van der Waals surface area (Å²) in [6.07, 6.45) is 3.31. The molecule has 5 nitrogen and oxygen atoms in total. The van der Waals surface area contributed by atoms with Gasteiger partial charge in [0.1, 0.15) is 5.75 Å². The van der Waals surface area contributed by atoms with Crippen molar-refractivity contribution in [2.75, 3.05) is 12.4 Å². The van der Waals surface area contributed by atoms with E-state index in [1.165, 1.54) is 19.5 Å². The van der Waals surface area contributed by atoms with Crippen molar-refractivity contribution in [2.24, 2.45) is 0 Å². The standard InChI is InChI=1S/C14H12N2O3/c1-19-13-8-15-7-11(12(13)9-17)14(18)16-10-5-3-2-4-6-10/h2-9H,1H3,(H,16,18). The van der Waals surface area contributed by atoms with Crippen molar-refractivity contribution in [2.45, 2.75) is 0 Å². The molecule has 0 unspecified atom stereocenters. The molecule has 0 radical (unpaired) electrons. The van der Waals surface area contributed by atoms with Crippen molar-refractivity contribution in [3.8, 4) is 5.75 Å². The second-order valence-electron chi connectivity index (χ2n) is 3.74. The molecule has 0 aliphatic carbocycles. The van der Waals surface area contributed by atoms with E-state index in [9.17, 15) is 9.59 Å². The summed E-state index contributed by atoms with van der Waals surface area (Å²) >= 11 is 0. The van der Waals surface area contributed by atoms with Gasteiger partial charge in [0.05, 0.1) is 24.4 Å². The Morgan fingerprint density at radius 1 is 1.26 bits per heavy atom. The number of anilines is 1. The van der Waals surface area contributed by atoms with Crippen LogP contribution < -0.4 is 10.1 Å². The number of hydrogen-bond donors (Lipinski definition) is 1. The molecule has 0 aliphatic rings. The summed E-state index contributed by atoms with van der Waals surface area (Å²) in [4.78, 5) is 27.1. The summed E-state index contributed by atoms with van der Waals surface area (Å²) in [6.45, 7) is 0. The molecule has 0 aliphatic heterocycles. The van der Waals surface area contributed by atoms with Gasteiger partial charge >= 0.3 is 0 Å². The van der Waals surface area contributed by atoms with E-state index in [1.54, 1.807) is 24.3 Å². The fraction of sp³-hybridized carbons (Fsp3) is 0.0714. The first-order valence-electron chi connectivity index (χ1n) is 5.60. The first-order chi connectivity index (χ1) is 9.26. The highest BCUT2D eigenvalue weighted by molar-refractivity contribution is 6.09. The number of nitrogens with zero attached hydrogens (tertiary/aromatic N) is 1. The van der Waals surface area contributed by atoms with Crippen molar-refractivity contribution in [3.05, 3.63) is 53.9 Å². The SMILES string of the molecule is COc1cncc(C(=O)Nc2ccccc2)c1C=O. The molecule has 1 heterocycles. The Bertz CT molecular complexity index is 597. The summed E-state index contributed by atoms with van der Waals surface area (Å²) in [6, 6.07) is 8.97. The second kappa shape index (κ2) is 5.77. The Balaban J connectivity index is 2.31. The molecule has 1 aromatic heterocycles. The molecule has 0 saturated carbocycles. The topological polar surface area (TPSA) is 68.3 Å². The molecule has 2 rings (SSSR count). The number of aromatic nitrogens is 1. The smallest absolute Gasteiger partial charge is 0.258 e. The lowest BCUT2D eigenvalue weighted by molar-refractivity contribution is 0.101. The van der Waals surface area contributed by atoms with E-state index in [0.29, 0.717) is 12.0 Å². The van der Waals surface area contributed by atoms with Gasteiger partial charge in [0.15, 0.2) is 6.29 Å². The number of carbonyl (C=O) groups is 2. The van der Waals surface area contributed by atoms with Crippen LogP contribution in [0.1, 0.15) is 20.7 Å². The van der Waals surface area contributed by atoms with Crippen LogP contribution in [0.25, 0.3) is 0 Å². The van der Waals surface area contributed by atoms with Crippen LogP contribution in [0, 0.1) is 0 Å². The van der Waals surface area contributed by atoms with Crippen LogP contribution in [0.3, 0.4) is 0 Å². The normalized spacial score (nSPS) is 9.74. The summed E-state index contributed by atoms with van der Waals surface area (Å²) in [5, 5.41) is 2.69. The van der Waals surface area contributed by atoms with Crippen LogP contribution >= 0.6 is 0 Å². The molecule has 1 aromatic carbocycles. The van der Waals surface area contributed by atoms with Crippen LogP contribution in [0.2, 0.25) is 0 Å². The van der Waals surface area contributed by atoms with Gasteiger partial charge in [-0.15, -0.1) is 0 Å². The molecule has 96 valence electrons. The van der Waals surface area contributed by atoms with Gasteiger partial charge in [0.25, 0.3) is 5.91 Å². The number of nitrogens with one attached hydrogen (secondary N) is 1. The number of pyridine rings is 1. The number of ether oxygens (including phenoxy) is 1. The van der Waals surface area contributed by atoms with Gasteiger partial charge in [-0.05, 0) is 12.1 Å². The molecule has 2 aromatic rings. The Morgan fingerprint density at radius 3 is 2.63 bits per heavy atom. The average Bonchev–Trinajstić information content (AvgIpc) is 2.47. The van der Waals surface area contributed by atoms with Crippen LogP contribution in [0.5, 0.6) is 5.75 Å². The number of para-hydroxylation sites is 1. The Hall–Kier alpha value is -2.69. The predicted octanol–water partition coefficient (Wildman–Crippen LogP) is 2.16. The maximum Gasteiger partial charge on any atom is 0.258 e. The zero-order valence-electron chi connectivity index (χ0n) is 10.3. The maximum absolute atomic E-state index is 12.1. The molecule has 1 N–H and O–H groups in total. The van der Waals surface area contributed by atoms with Crippen molar-refractivity contribution in [1.29, 1.82) is 0 Å². The van der Waals surface area contributed by atoms with Gasteiger partial charge in [-0.3, -0.25) is 14.6 Å². The minimum absolute atomic E-state index is 0.179. The van der Waals surface area contributed by atoms with Crippen LogP contribution in [-0.4, -0.2) is 24.3 Å². The number of rotatable bonds is 4. The molecule has 5 heteroatoms. The van der Waals surface area contributed by atoms with E-state index in [4.69, 9.17) is 4.74 Å². The van der Waals surface area contributed by atoms with Gasteiger partial charge in [0.2, 0.25) is 0 Å². The number of aldehydes is 1. The highest BCUT2D eigenvalue weighted by Crippen LogP contribution is 2.19. The third-order valence-electron chi connectivity index (χ3n) is 2.57. The highest BCUT2D eigenvalue weighted by Gasteiger charge is 2.15. The van der Waals surface area contributed by atoms with Crippen LogP contribution in [0.4, 0.5) is 5.69 Å². The van der Waals surface area contributed by atoms with Gasteiger partial charge < -0.3 is 10.1 Å². The van der Waals surface area contributed by atoms with Crippen molar-refractivity contribution in [1.82, 2.24) is 4.98 Å². The van der Waals surface area contributed by atoms with E-state index in [1.807, 2.05) is 6.07 Å². The number of hydrogen-bond acceptors (Lipinski definition) is 4. The third-order valence-corrected chi connectivity index (χ3v) is 2.57. The fourth-order valence-corrected chi connectivity index (χ4v) is 1.64. The molecule has 19 heavy (non-hydrogen) atoms. The van der Waals surface area contributed by atoms with Crippen molar-refractivity contribution in [3.63, 3.8) is 0 Å². The second-order valence-corrected chi connectivity index (χ2v) is 3.74. The highest BCUT2D eigenvalue weighted by atomic mass is 16.5. The first-order valence-corrected chi connectivity index (χ1v) is 5.60. The van der Waals surface area contributed by atoms with E-state index in [2.05, 4.69) is 10.3 Å². The molecule has 1 amide bonds. The van der Waals surface area contributed by atoms with Gasteiger partial charge in [-0.1, -0.05) is 18.2 Å². The zero-order valence-corrected chi connectivity index (χ0v) is 10.3. The number of amides is 1. The van der Waals surface area contributed by atoms with E-state index >= 15 is 0 Å². The van der Waals surface area contributed by atoms with Gasteiger partial charge in [-0.2, -0.15) is 0 Å². The number of carbonyl (C=O) groups excluding carboxylic acids is 2. The Kier molecular flexibility index (Phi) is 3.87. The Morgan fingerprint density at radius 2 is 2.00 bits per heavy atom. The largest absolute Gasteiger partial charge is 0.494 e. The lowest BCUT2D eigenvalue weighted by Crippen LogP contribution is -2.15. The van der Waals surface area contributed by atoms with E-state index in [-0.39, 0.29) is 16.9 Å². The molecule has 0 spiro atoms. The average molecular weight is 256 g/mol. The molecule has 0 saturated heterocycles. The number of methoxy groups -OCH3 is 1. The summed E-state index contributed by atoms with van der Waals surface area (Å²) < 4.78 is 5.00. The van der Waals surface area contributed by atoms with E-state index < -0.39 is 5.91 Å².